The summed E-state index contributed by atoms with van der Waals surface area (Å²) in [5, 5.41) is 10.4. The maximum absolute atomic E-state index is 12.7. The van der Waals surface area contributed by atoms with E-state index < -0.39 is 22.0 Å². The minimum absolute atomic E-state index is 0.0430. The Morgan fingerprint density at radius 3 is 2.55 bits per heavy atom. The Bertz CT molecular complexity index is 1240. The number of sulfonamides is 1. The number of rotatable bonds is 9. The van der Waals surface area contributed by atoms with E-state index in [2.05, 4.69) is 21.5 Å². The molecule has 1 atom stereocenters. The van der Waals surface area contributed by atoms with Crippen LogP contribution in [0.2, 0.25) is 0 Å². The highest BCUT2D eigenvalue weighted by atomic mass is 32.2. The van der Waals surface area contributed by atoms with Crippen LogP contribution in [0, 0.1) is 11.8 Å². The van der Waals surface area contributed by atoms with Gasteiger partial charge in [-0.15, -0.1) is 5.92 Å². The van der Waals surface area contributed by atoms with E-state index in [1.807, 2.05) is 6.07 Å². The maximum atomic E-state index is 12.7. The van der Waals surface area contributed by atoms with Crippen molar-refractivity contribution in [2.24, 2.45) is 0 Å². The molecule has 0 fully saturated rings. The number of ether oxygens (including phenoxy) is 2. The summed E-state index contributed by atoms with van der Waals surface area (Å²) in [6.07, 6.45) is 1.62. The predicted molar refractivity (Wildman–Crippen MR) is 116 cm³/mol. The third-order valence-corrected chi connectivity index (χ3v) is 6.10. The molecule has 3 N–H and O–H groups in total. The fraction of sp³-hybridized carbons (Fsp3) is 0.227. The standard InChI is InChI=1S/C22H22N2O6S/c1-3-4-11-30-16-5-8-18(9-6-16)31(27,28)24-21(22(25)26)12-15-14-23-20-10-7-17(29-2)13-19(15)20/h5-10,13-14,21,23-24H,11-12H2,1-2H3,(H,25,26). The van der Waals surface area contributed by atoms with E-state index in [-0.39, 0.29) is 17.9 Å². The van der Waals surface area contributed by atoms with Crippen molar-refractivity contribution in [2.75, 3.05) is 13.7 Å². The van der Waals surface area contributed by atoms with Crippen LogP contribution >= 0.6 is 0 Å². The van der Waals surface area contributed by atoms with E-state index in [9.17, 15) is 18.3 Å². The van der Waals surface area contributed by atoms with Gasteiger partial charge in [-0.3, -0.25) is 4.79 Å². The van der Waals surface area contributed by atoms with Gasteiger partial charge < -0.3 is 19.6 Å². The molecule has 0 aliphatic rings. The van der Waals surface area contributed by atoms with Crippen LogP contribution in [-0.2, 0) is 21.2 Å². The van der Waals surface area contributed by atoms with Gasteiger partial charge in [-0.25, -0.2) is 8.42 Å². The summed E-state index contributed by atoms with van der Waals surface area (Å²) in [6.45, 7) is 1.88. The minimum Gasteiger partial charge on any atom is -0.497 e. The van der Waals surface area contributed by atoms with Gasteiger partial charge in [-0.2, -0.15) is 4.72 Å². The second kappa shape index (κ2) is 9.55. The molecule has 0 bridgehead atoms. The third-order valence-electron chi connectivity index (χ3n) is 4.62. The molecule has 1 heterocycles. The fourth-order valence-corrected chi connectivity index (χ4v) is 4.20. The Morgan fingerprint density at radius 2 is 1.90 bits per heavy atom. The van der Waals surface area contributed by atoms with Crippen LogP contribution in [0.15, 0.2) is 53.6 Å². The monoisotopic (exact) mass is 442 g/mol. The molecule has 162 valence electrons. The van der Waals surface area contributed by atoms with Crippen LogP contribution in [0.3, 0.4) is 0 Å². The van der Waals surface area contributed by atoms with E-state index >= 15 is 0 Å². The molecular formula is C22H22N2O6S. The number of nitrogens with one attached hydrogen (secondary N) is 2. The molecule has 0 aliphatic carbocycles. The number of benzene rings is 2. The summed E-state index contributed by atoms with van der Waals surface area (Å²) >= 11 is 0. The molecule has 1 unspecified atom stereocenters. The smallest absolute Gasteiger partial charge is 0.322 e. The fourth-order valence-electron chi connectivity index (χ4n) is 3.01. The van der Waals surface area contributed by atoms with Gasteiger partial charge in [0, 0.05) is 23.5 Å². The molecular weight excluding hydrogens is 420 g/mol. The van der Waals surface area contributed by atoms with Crippen molar-refractivity contribution in [3.8, 4) is 23.3 Å². The molecule has 0 aliphatic heterocycles. The van der Waals surface area contributed by atoms with E-state index in [0.717, 1.165) is 10.9 Å². The Labute approximate surface area is 180 Å². The van der Waals surface area contributed by atoms with Crippen molar-refractivity contribution in [1.82, 2.24) is 9.71 Å². The van der Waals surface area contributed by atoms with Gasteiger partial charge in [-0.05, 0) is 55.0 Å². The van der Waals surface area contributed by atoms with Gasteiger partial charge in [0.25, 0.3) is 0 Å². The molecule has 9 heteroatoms. The molecule has 0 saturated carbocycles. The first-order valence-electron chi connectivity index (χ1n) is 9.35. The third kappa shape index (κ3) is 5.36. The summed E-state index contributed by atoms with van der Waals surface area (Å²) in [7, 11) is -2.53. The van der Waals surface area contributed by atoms with Crippen LogP contribution in [0.1, 0.15) is 12.5 Å². The van der Waals surface area contributed by atoms with E-state index in [1.165, 1.54) is 31.4 Å². The number of aromatic amines is 1. The topological polar surface area (TPSA) is 118 Å². The second-order valence-electron chi connectivity index (χ2n) is 6.63. The molecule has 31 heavy (non-hydrogen) atoms. The number of H-pyrrole nitrogens is 1. The minimum atomic E-state index is -4.06. The zero-order valence-electron chi connectivity index (χ0n) is 17.0. The summed E-state index contributed by atoms with van der Waals surface area (Å²) in [5.41, 5.74) is 1.45. The van der Waals surface area contributed by atoms with Crippen molar-refractivity contribution in [2.45, 2.75) is 24.3 Å². The largest absolute Gasteiger partial charge is 0.497 e. The molecule has 2 aromatic carbocycles. The van der Waals surface area contributed by atoms with Gasteiger partial charge in [0.2, 0.25) is 10.0 Å². The molecule has 0 saturated heterocycles. The average molecular weight is 442 g/mol. The van der Waals surface area contributed by atoms with Gasteiger partial charge in [0.05, 0.1) is 12.0 Å². The quantitative estimate of drug-likeness (QED) is 0.439. The lowest BCUT2D eigenvalue weighted by Crippen LogP contribution is -2.42. The number of carboxylic acid groups (broad SMARTS) is 1. The predicted octanol–water partition coefficient (Wildman–Crippen LogP) is 2.55. The number of methoxy groups -OCH3 is 1. The van der Waals surface area contributed by atoms with Crippen molar-refractivity contribution in [3.05, 3.63) is 54.2 Å². The number of aliphatic carboxylic acids is 1. The van der Waals surface area contributed by atoms with Crippen molar-refractivity contribution in [3.63, 3.8) is 0 Å². The van der Waals surface area contributed by atoms with E-state index in [1.54, 1.807) is 25.3 Å². The maximum Gasteiger partial charge on any atom is 0.322 e. The van der Waals surface area contributed by atoms with Gasteiger partial charge >= 0.3 is 5.97 Å². The number of carboxylic acids is 1. The van der Waals surface area contributed by atoms with Gasteiger partial charge in [0.1, 0.15) is 24.1 Å². The molecule has 0 amide bonds. The number of aromatic nitrogens is 1. The number of hydrogen-bond acceptors (Lipinski definition) is 5. The van der Waals surface area contributed by atoms with Crippen molar-refractivity contribution >= 4 is 26.9 Å². The van der Waals surface area contributed by atoms with Crippen LogP contribution < -0.4 is 14.2 Å². The normalized spacial score (nSPS) is 12.1. The summed E-state index contributed by atoms with van der Waals surface area (Å²) in [6, 6.07) is 9.71. The molecule has 0 radical (unpaired) electrons. The molecule has 3 aromatic rings. The highest BCUT2D eigenvalue weighted by molar-refractivity contribution is 7.89. The van der Waals surface area contributed by atoms with Crippen molar-refractivity contribution < 1.29 is 27.8 Å². The second-order valence-corrected chi connectivity index (χ2v) is 8.34. The first-order chi connectivity index (χ1) is 14.8. The lowest BCUT2D eigenvalue weighted by atomic mass is 10.1. The highest BCUT2D eigenvalue weighted by Gasteiger charge is 2.26. The average Bonchev–Trinajstić information content (AvgIpc) is 3.15. The summed E-state index contributed by atoms with van der Waals surface area (Å²) in [4.78, 5) is 14.8. The summed E-state index contributed by atoms with van der Waals surface area (Å²) in [5.74, 6) is 5.24. The zero-order chi connectivity index (χ0) is 22.4. The van der Waals surface area contributed by atoms with Crippen LogP contribution in [0.5, 0.6) is 11.5 Å². The molecule has 0 spiro atoms. The van der Waals surface area contributed by atoms with Gasteiger partial charge in [0.15, 0.2) is 0 Å². The molecule has 3 rings (SSSR count). The Hall–Kier alpha value is -3.48. The number of carbonyl (C=O) groups is 1. The first kappa shape index (κ1) is 22.2. The lowest BCUT2D eigenvalue weighted by Gasteiger charge is -2.15. The highest BCUT2D eigenvalue weighted by Crippen LogP contribution is 2.25. The van der Waals surface area contributed by atoms with Gasteiger partial charge in [-0.1, -0.05) is 5.92 Å². The van der Waals surface area contributed by atoms with E-state index in [0.29, 0.717) is 17.1 Å². The Morgan fingerprint density at radius 1 is 1.19 bits per heavy atom. The molecule has 1 aromatic heterocycles. The van der Waals surface area contributed by atoms with Crippen molar-refractivity contribution in [1.29, 1.82) is 0 Å². The lowest BCUT2D eigenvalue weighted by molar-refractivity contribution is -0.138. The zero-order valence-corrected chi connectivity index (χ0v) is 17.8. The number of fused-ring (bicyclic) bond motifs is 1. The Kier molecular flexibility index (Phi) is 6.84. The number of hydrogen-bond donors (Lipinski definition) is 3. The molecule has 8 nitrogen and oxygen atoms in total. The van der Waals surface area contributed by atoms with Crippen LogP contribution in [0.25, 0.3) is 10.9 Å². The van der Waals surface area contributed by atoms with E-state index in [4.69, 9.17) is 9.47 Å². The SMILES string of the molecule is CC#CCOc1ccc(S(=O)(=O)NC(Cc2c[nH]c3ccc(OC)cc23)C(=O)O)cc1. The van der Waals surface area contributed by atoms with Crippen LogP contribution in [0.4, 0.5) is 0 Å². The Balaban J connectivity index is 1.79. The summed E-state index contributed by atoms with van der Waals surface area (Å²) < 4.78 is 38.4. The first-order valence-corrected chi connectivity index (χ1v) is 10.8. The van der Waals surface area contributed by atoms with Crippen LogP contribution in [-0.4, -0.2) is 44.2 Å².